The summed E-state index contributed by atoms with van der Waals surface area (Å²) in [5, 5.41) is 6.86. The molecule has 0 spiro atoms. The molecule has 2 N–H and O–H groups in total. The predicted octanol–water partition coefficient (Wildman–Crippen LogP) is 3.85. The van der Waals surface area contributed by atoms with E-state index in [1.54, 1.807) is 25.3 Å². The number of nitrogens with one attached hydrogen (secondary N) is 2. The SMILES string of the molecule is COc1cc(C)c(Cl)cc1CCCCCNC(=O)CNC(=O)c1cc2ccccc2n1OC(C)=O. The number of unbranched alkanes of at least 4 members (excludes halogenated alkanes) is 2. The molecule has 1 aromatic heterocycles. The van der Waals surface area contributed by atoms with Crippen LogP contribution in [0.2, 0.25) is 5.02 Å². The van der Waals surface area contributed by atoms with Crippen LogP contribution in [0.1, 0.15) is 47.8 Å². The van der Waals surface area contributed by atoms with Gasteiger partial charge in [-0.05, 0) is 61.6 Å². The van der Waals surface area contributed by atoms with Crippen LogP contribution in [0.4, 0.5) is 0 Å². The van der Waals surface area contributed by atoms with Gasteiger partial charge in [-0.2, -0.15) is 4.73 Å². The van der Waals surface area contributed by atoms with Crippen LogP contribution >= 0.6 is 11.6 Å². The first-order valence-corrected chi connectivity index (χ1v) is 11.8. The molecule has 0 unspecified atom stereocenters. The van der Waals surface area contributed by atoms with Crippen LogP contribution in [0.25, 0.3) is 10.9 Å². The van der Waals surface area contributed by atoms with Crippen LogP contribution in [0, 0.1) is 6.92 Å². The van der Waals surface area contributed by atoms with Crippen molar-refractivity contribution >= 4 is 40.3 Å². The maximum atomic E-state index is 12.6. The molecule has 0 radical (unpaired) electrons. The molecule has 1 heterocycles. The van der Waals surface area contributed by atoms with Crippen molar-refractivity contribution in [2.75, 3.05) is 20.2 Å². The summed E-state index contributed by atoms with van der Waals surface area (Å²) in [6.45, 7) is 3.53. The fourth-order valence-corrected chi connectivity index (χ4v) is 3.94. The van der Waals surface area contributed by atoms with E-state index in [9.17, 15) is 14.4 Å². The molecule has 0 atom stereocenters. The molecule has 35 heavy (non-hydrogen) atoms. The number of fused-ring (bicyclic) bond motifs is 1. The summed E-state index contributed by atoms with van der Waals surface area (Å²) < 4.78 is 6.62. The Morgan fingerprint density at radius 1 is 1.03 bits per heavy atom. The third kappa shape index (κ3) is 6.99. The van der Waals surface area contributed by atoms with Crippen molar-refractivity contribution in [3.63, 3.8) is 0 Å². The number of rotatable bonds is 11. The topological polar surface area (TPSA) is 98.7 Å². The zero-order valence-corrected chi connectivity index (χ0v) is 20.9. The Labute approximate surface area is 209 Å². The lowest BCUT2D eigenvalue weighted by Crippen LogP contribution is -2.38. The molecule has 0 aliphatic carbocycles. The monoisotopic (exact) mass is 499 g/mol. The van der Waals surface area contributed by atoms with Crippen molar-refractivity contribution in [1.29, 1.82) is 0 Å². The first kappa shape index (κ1) is 26.1. The number of ether oxygens (including phenoxy) is 1. The Morgan fingerprint density at radius 3 is 2.54 bits per heavy atom. The second-order valence-electron chi connectivity index (χ2n) is 8.22. The fraction of sp³-hybridized carbons (Fsp3) is 0.346. The van der Waals surface area contributed by atoms with Gasteiger partial charge in [-0.15, -0.1) is 0 Å². The van der Waals surface area contributed by atoms with Crippen molar-refractivity contribution in [2.24, 2.45) is 0 Å². The standard InChI is InChI=1S/C26H30ClN3O5/c1-17-13-24(34-3)20(14-21(17)27)10-5-4-8-12-28-25(32)16-29-26(33)23-15-19-9-6-7-11-22(19)30(23)35-18(2)31/h6-7,9,11,13-15H,4-5,8,10,12,16H2,1-3H3,(H,28,32)(H,29,33). The van der Waals surface area contributed by atoms with Crippen molar-refractivity contribution < 1.29 is 24.0 Å². The largest absolute Gasteiger partial charge is 0.496 e. The molecule has 0 bridgehead atoms. The highest BCUT2D eigenvalue weighted by molar-refractivity contribution is 6.31. The van der Waals surface area contributed by atoms with Gasteiger partial charge in [0.2, 0.25) is 5.91 Å². The summed E-state index contributed by atoms with van der Waals surface area (Å²) in [7, 11) is 1.65. The minimum absolute atomic E-state index is 0.140. The number of halogens is 1. The summed E-state index contributed by atoms with van der Waals surface area (Å²) in [6, 6.07) is 12.7. The van der Waals surface area contributed by atoms with Gasteiger partial charge >= 0.3 is 5.97 Å². The van der Waals surface area contributed by atoms with Gasteiger partial charge < -0.3 is 20.2 Å². The second kappa shape index (κ2) is 12.3. The number of nitrogens with zero attached hydrogens (tertiary/aromatic N) is 1. The zero-order chi connectivity index (χ0) is 25.4. The van der Waals surface area contributed by atoms with Gasteiger partial charge in [0.15, 0.2) is 0 Å². The minimum Gasteiger partial charge on any atom is -0.496 e. The van der Waals surface area contributed by atoms with Crippen LogP contribution in [0.3, 0.4) is 0 Å². The third-order valence-corrected chi connectivity index (χ3v) is 5.94. The average Bonchev–Trinajstić information content (AvgIpc) is 3.19. The maximum Gasteiger partial charge on any atom is 0.329 e. The Kier molecular flexibility index (Phi) is 9.14. The molecule has 0 aliphatic heterocycles. The number of benzene rings is 2. The van der Waals surface area contributed by atoms with Crippen molar-refractivity contribution in [1.82, 2.24) is 15.4 Å². The van der Waals surface area contributed by atoms with E-state index in [1.807, 2.05) is 31.2 Å². The Morgan fingerprint density at radius 2 is 1.80 bits per heavy atom. The van der Waals surface area contributed by atoms with Crippen LogP contribution in [-0.2, 0) is 16.0 Å². The van der Waals surface area contributed by atoms with E-state index in [0.717, 1.165) is 53.0 Å². The lowest BCUT2D eigenvalue weighted by Gasteiger charge is -2.11. The van der Waals surface area contributed by atoms with E-state index in [0.29, 0.717) is 12.1 Å². The van der Waals surface area contributed by atoms with Gasteiger partial charge in [0, 0.05) is 23.9 Å². The van der Waals surface area contributed by atoms with Gasteiger partial charge in [0.05, 0.1) is 19.2 Å². The zero-order valence-electron chi connectivity index (χ0n) is 20.2. The van der Waals surface area contributed by atoms with Gasteiger partial charge in [-0.1, -0.05) is 36.2 Å². The normalized spacial score (nSPS) is 10.7. The summed E-state index contributed by atoms with van der Waals surface area (Å²) in [5.74, 6) is -0.519. The average molecular weight is 500 g/mol. The van der Waals surface area contributed by atoms with Crippen LogP contribution in [0.5, 0.6) is 5.75 Å². The van der Waals surface area contributed by atoms with Crippen molar-refractivity contribution in [2.45, 2.75) is 39.5 Å². The molecule has 3 rings (SSSR count). The van der Waals surface area contributed by atoms with E-state index in [2.05, 4.69) is 10.6 Å². The maximum absolute atomic E-state index is 12.6. The van der Waals surface area contributed by atoms with Crippen molar-refractivity contribution in [3.8, 4) is 5.75 Å². The number of methoxy groups -OCH3 is 1. The van der Waals surface area contributed by atoms with E-state index in [4.69, 9.17) is 21.2 Å². The molecule has 2 amide bonds. The first-order chi connectivity index (χ1) is 16.8. The molecule has 2 aromatic carbocycles. The van der Waals surface area contributed by atoms with Gasteiger partial charge in [0.1, 0.15) is 11.4 Å². The van der Waals surface area contributed by atoms with E-state index < -0.39 is 11.9 Å². The number of aryl methyl sites for hydroxylation is 2. The molecule has 0 fully saturated rings. The van der Waals surface area contributed by atoms with Gasteiger partial charge in [0.25, 0.3) is 5.91 Å². The second-order valence-corrected chi connectivity index (χ2v) is 8.63. The molecule has 0 saturated carbocycles. The number of carbonyl (C=O) groups excluding carboxylic acids is 3. The lowest BCUT2D eigenvalue weighted by molar-refractivity contribution is -0.141. The quantitative estimate of drug-likeness (QED) is 0.390. The number of carbonyl (C=O) groups is 3. The van der Waals surface area contributed by atoms with Crippen molar-refractivity contribution in [3.05, 3.63) is 64.3 Å². The summed E-state index contributed by atoms with van der Waals surface area (Å²) in [6.07, 6.45) is 3.50. The van der Waals surface area contributed by atoms with Gasteiger partial charge in [-0.3, -0.25) is 9.59 Å². The number of hydrogen-bond donors (Lipinski definition) is 2. The number of para-hydroxylation sites is 1. The van der Waals surface area contributed by atoms with E-state index in [1.165, 1.54) is 11.7 Å². The molecule has 9 heteroatoms. The number of amides is 2. The van der Waals surface area contributed by atoms with Crippen LogP contribution in [-0.4, -0.2) is 42.7 Å². The minimum atomic E-state index is -0.554. The summed E-state index contributed by atoms with van der Waals surface area (Å²) >= 11 is 6.23. The van der Waals surface area contributed by atoms with Crippen LogP contribution < -0.4 is 20.2 Å². The highest BCUT2D eigenvalue weighted by atomic mass is 35.5. The number of hydrogen-bond acceptors (Lipinski definition) is 5. The van der Waals surface area contributed by atoms with E-state index in [-0.39, 0.29) is 18.1 Å². The Balaban J connectivity index is 1.42. The lowest BCUT2D eigenvalue weighted by atomic mass is 10.0. The summed E-state index contributed by atoms with van der Waals surface area (Å²) in [4.78, 5) is 41.5. The smallest absolute Gasteiger partial charge is 0.329 e. The number of aromatic nitrogens is 1. The molecular formula is C26H30ClN3O5. The highest BCUT2D eigenvalue weighted by Gasteiger charge is 2.18. The third-order valence-electron chi connectivity index (χ3n) is 5.54. The van der Waals surface area contributed by atoms with Gasteiger partial charge in [-0.25, -0.2) is 4.79 Å². The van der Waals surface area contributed by atoms with E-state index >= 15 is 0 Å². The highest BCUT2D eigenvalue weighted by Crippen LogP contribution is 2.28. The summed E-state index contributed by atoms with van der Waals surface area (Å²) in [5.41, 5.74) is 2.78. The molecule has 186 valence electrons. The van der Waals surface area contributed by atoms with Crippen LogP contribution in [0.15, 0.2) is 42.5 Å². The Bertz CT molecular complexity index is 1220. The fourth-order valence-electron chi connectivity index (χ4n) is 3.76. The predicted molar refractivity (Wildman–Crippen MR) is 135 cm³/mol. The first-order valence-electron chi connectivity index (χ1n) is 11.5. The molecular weight excluding hydrogens is 470 g/mol. The molecule has 0 saturated heterocycles. The Hall–Kier alpha value is -3.52. The molecule has 8 nitrogen and oxygen atoms in total. The molecule has 3 aromatic rings. The molecule has 0 aliphatic rings.